The molecule has 1 aliphatic heterocycles. The van der Waals surface area contributed by atoms with Crippen LogP contribution in [-0.4, -0.2) is 23.0 Å². The first kappa shape index (κ1) is 12.6. The molecule has 1 heterocycles. The van der Waals surface area contributed by atoms with E-state index in [1.807, 2.05) is 0 Å². The highest BCUT2D eigenvalue weighted by atomic mass is 15.2. The summed E-state index contributed by atoms with van der Waals surface area (Å²) in [6.45, 7) is 10.1. The summed E-state index contributed by atoms with van der Waals surface area (Å²) in [5.41, 5.74) is -0.0695. The van der Waals surface area contributed by atoms with Crippen molar-refractivity contribution < 1.29 is 0 Å². The Bertz CT molecular complexity index is 234. The van der Waals surface area contributed by atoms with Gasteiger partial charge >= 0.3 is 0 Å². The minimum Gasteiger partial charge on any atom is -0.285 e. The van der Waals surface area contributed by atoms with Crippen LogP contribution in [0, 0.1) is 18.3 Å². The third-order valence-electron chi connectivity index (χ3n) is 3.44. The second-order valence-electron chi connectivity index (χ2n) is 5.68. The molecule has 0 aliphatic carbocycles. The summed E-state index contributed by atoms with van der Waals surface area (Å²) in [4.78, 5) is 2.54. The van der Waals surface area contributed by atoms with Crippen molar-refractivity contribution in [3.63, 3.8) is 0 Å². The van der Waals surface area contributed by atoms with Gasteiger partial charge in [0.15, 0.2) is 0 Å². The van der Waals surface area contributed by atoms with Gasteiger partial charge in [0.1, 0.15) is 0 Å². The average molecular weight is 207 g/mol. The van der Waals surface area contributed by atoms with Crippen molar-refractivity contribution in [1.82, 2.24) is 4.90 Å². The SMILES string of the molecule is C#CC(C)(C)N1CCCCC1CC(C)C. The first-order valence-corrected chi connectivity index (χ1v) is 6.22. The van der Waals surface area contributed by atoms with Crippen molar-refractivity contribution >= 4 is 0 Å². The molecule has 0 aromatic heterocycles. The molecule has 1 rings (SSSR count). The van der Waals surface area contributed by atoms with Crippen LogP contribution >= 0.6 is 0 Å². The lowest BCUT2D eigenvalue weighted by Crippen LogP contribution is -2.51. The van der Waals surface area contributed by atoms with E-state index in [4.69, 9.17) is 6.42 Å². The summed E-state index contributed by atoms with van der Waals surface area (Å²) < 4.78 is 0. The number of piperidine rings is 1. The molecule has 0 bridgehead atoms. The van der Waals surface area contributed by atoms with E-state index in [0.717, 1.165) is 5.92 Å². The molecule has 1 saturated heterocycles. The van der Waals surface area contributed by atoms with Crippen molar-refractivity contribution in [3.8, 4) is 12.3 Å². The minimum absolute atomic E-state index is 0.0695. The topological polar surface area (TPSA) is 3.24 Å². The Labute approximate surface area is 95.2 Å². The van der Waals surface area contributed by atoms with Gasteiger partial charge in [0.2, 0.25) is 0 Å². The zero-order valence-electron chi connectivity index (χ0n) is 10.7. The van der Waals surface area contributed by atoms with Crippen LogP contribution in [0.15, 0.2) is 0 Å². The van der Waals surface area contributed by atoms with E-state index in [2.05, 4.69) is 38.5 Å². The Hall–Kier alpha value is -0.480. The normalized spacial score (nSPS) is 24.1. The molecule has 1 nitrogen and oxygen atoms in total. The third-order valence-corrected chi connectivity index (χ3v) is 3.44. The molecule has 0 N–H and O–H groups in total. The molecule has 0 amide bonds. The molecule has 86 valence electrons. The number of nitrogens with zero attached hydrogens (tertiary/aromatic N) is 1. The number of rotatable bonds is 3. The molecule has 1 atom stereocenters. The second kappa shape index (κ2) is 5.03. The summed E-state index contributed by atoms with van der Waals surface area (Å²) in [5.74, 6) is 3.71. The van der Waals surface area contributed by atoms with Gasteiger partial charge in [0.25, 0.3) is 0 Å². The molecular formula is C14H25N. The molecule has 1 unspecified atom stereocenters. The minimum atomic E-state index is -0.0695. The van der Waals surface area contributed by atoms with Gasteiger partial charge in [-0.15, -0.1) is 6.42 Å². The van der Waals surface area contributed by atoms with Gasteiger partial charge in [-0.1, -0.05) is 26.2 Å². The first-order chi connectivity index (χ1) is 6.97. The number of hydrogen-bond acceptors (Lipinski definition) is 1. The molecule has 0 radical (unpaired) electrons. The summed E-state index contributed by atoms with van der Waals surface area (Å²) in [7, 11) is 0. The van der Waals surface area contributed by atoms with Crippen LogP contribution in [-0.2, 0) is 0 Å². The van der Waals surface area contributed by atoms with Gasteiger partial charge in [-0.3, -0.25) is 4.90 Å². The largest absolute Gasteiger partial charge is 0.285 e. The molecule has 0 spiro atoms. The van der Waals surface area contributed by atoms with Crippen LogP contribution in [0.1, 0.15) is 53.4 Å². The smallest absolute Gasteiger partial charge is 0.0768 e. The molecule has 15 heavy (non-hydrogen) atoms. The molecule has 0 aromatic rings. The maximum atomic E-state index is 5.64. The van der Waals surface area contributed by atoms with Crippen LogP contribution < -0.4 is 0 Å². The van der Waals surface area contributed by atoms with Gasteiger partial charge < -0.3 is 0 Å². The van der Waals surface area contributed by atoms with Crippen LogP contribution in [0.2, 0.25) is 0 Å². The number of likely N-dealkylation sites (tertiary alicyclic amines) is 1. The monoisotopic (exact) mass is 207 g/mol. The summed E-state index contributed by atoms with van der Waals surface area (Å²) in [6.07, 6.45) is 10.9. The van der Waals surface area contributed by atoms with Crippen molar-refractivity contribution in [2.45, 2.75) is 65.0 Å². The van der Waals surface area contributed by atoms with E-state index in [-0.39, 0.29) is 5.54 Å². The number of terminal acetylenes is 1. The molecule has 1 fully saturated rings. The fourth-order valence-corrected chi connectivity index (χ4v) is 2.61. The second-order valence-corrected chi connectivity index (χ2v) is 5.68. The van der Waals surface area contributed by atoms with E-state index in [0.29, 0.717) is 6.04 Å². The highest BCUT2D eigenvalue weighted by molar-refractivity contribution is 5.10. The Morgan fingerprint density at radius 3 is 2.60 bits per heavy atom. The fraction of sp³-hybridized carbons (Fsp3) is 0.857. The molecule has 1 aliphatic rings. The predicted octanol–water partition coefficient (Wildman–Crippen LogP) is 3.30. The number of hydrogen-bond donors (Lipinski definition) is 0. The predicted molar refractivity (Wildman–Crippen MR) is 66.7 cm³/mol. The standard InChI is InChI=1S/C14H25N/c1-6-14(4,5)15-10-8-7-9-13(15)11-12(2)3/h1,12-13H,7-11H2,2-5H3. The maximum absolute atomic E-state index is 5.64. The average Bonchev–Trinajstić information content (AvgIpc) is 2.17. The highest BCUT2D eigenvalue weighted by Crippen LogP contribution is 2.29. The molecule has 0 saturated carbocycles. The Morgan fingerprint density at radius 2 is 2.07 bits per heavy atom. The summed E-state index contributed by atoms with van der Waals surface area (Å²) >= 11 is 0. The van der Waals surface area contributed by atoms with Crippen molar-refractivity contribution in [1.29, 1.82) is 0 Å². The van der Waals surface area contributed by atoms with Crippen LogP contribution in [0.3, 0.4) is 0 Å². The molecule has 1 heteroatoms. The maximum Gasteiger partial charge on any atom is 0.0768 e. The third kappa shape index (κ3) is 3.24. The van der Waals surface area contributed by atoms with E-state index in [9.17, 15) is 0 Å². The quantitative estimate of drug-likeness (QED) is 0.642. The van der Waals surface area contributed by atoms with Gasteiger partial charge in [-0.2, -0.15) is 0 Å². The highest BCUT2D eigenvalue weighted by Gasteiger charge is 2.32. The van der Waals surface area contributed by atoms with Gasteiger partial charge in [0.05, 0.1) is 5.54 Å². The van der Waals surface area contributed by atoms with Crippen LogP contribution in [0.4, 0.5) is 0 Å². The Morgan fingerprint density at radius 1 is 1.40 bits per heavy atom. The fourth-order valence-electron chi connectivity index (χ4n) is 2.61. The van der Waals surface area contributed by atoms with Gasteiger partial charge in [0, 0.05) is 6.04 Å². The lowest BCUT2D eigenvalue weighted by atomic mass is 9.89. The van der Waals surface area contributed by atoms with Gasteiger partial charge in [-0.25, -0.2) is 0 Å². The van der Waals surface area contributed by atoms with Crippen LogP contribution in [0.5, 0.6) is 0 Å². The summed E-state index contributed by atoms with van der Waals surface area (Å²) in [5, 5.41) is 0. The van der Waals surface area contributed by atoms with E-state index >= 15 is 0 Å². The van der Waals surface area contributed by atoms with Crippen molar-refractivity contribution in [3.05, 3.63) is 0 Å². The summed E-state index contributed by atoms with van der Waals surface area (Å²) in [6, 6.07) is 0.699. The van der Waals surface area contributed by atoms with Crippen molar-refractivity contribution in [2.75, 3.05) is 6.54 Å². The lowest BCUT2D eigenvalue weighted by molar-refractivity contribution is 0.0626. The lowest BCUT2D eigenvalue weighted by Gasteiger charge is -2.44. The van der Waals surface area contributed by atoms with Crippen molar-refractivity contribution in [2.24, 2.45) is 5.92 Å². The van der Waals surface area contributed by atoms with E-state index < -0.39 is 0 Å². The zero-order valence-corrected chi connectivity index (χ0v) is 10.7. The Kier molecular flexibility index (Phi) is 4.22. The zero-order chi connectivity index (χ0) is 11.5. The molecular weight excluding hydrogens is 182 g/mol. The Balaban J connectivity index is 2.70. The van der Waals surface area contributed by atoms with E-state index in [1.54, 1.807) is 0 Å². The van der Waals surface area contributed by atoms with Gasteiger partial charge in [-0.05, 0) is 45.6 Å². The molecule has 0 aromatic carbocycles. The first-order valence-electron chi connectivity index (χ1n) is 6.22. The van der Waals surface area contributed by atoms with E-state index in [1.165, 1.54) is 32.2 Å². The van der Waals surface area contributed by atoms with Crippen LogP contribution in [0.25, 0.3) is 0 Å².